The van der Waals surface area contributed by atoms with Gasteiger partial charge in [-0.1, -0.05) is 86.5 Å². The molecule has 4 aromatic rings. The Bertz CT molecular complexity index is 2720. The lowest BCUT2D eigenvalue weighted by Crippen LogP contribution is -2.44. The maximum Gasteiger partial charge on any atom is 0.349 e. The average Bonchev–Trinajstić information content (AvgIpc) is 3.69. The van der Waals surface area contributed by atoms with Crippen molar-refractivity contribution < 1.29 is 48.0 Å². The molecule has 5 heterocycles. The fourth-order valence-corrected chi connectivity index (χ4v) is 10.8. The second-order valence-corrected chi connectivity index (χ2v) is 21.1. The molecule has 7 rings (SSSR count). The Kier molecular flexibility index (Phi) is 16.3. The van der Waals surface area contributed by atoms with Gasteiger partial charge < -0.3 is 33.4 Å². The standard InChI is InChI=1S/C57H74N2O11/c1-11-40-42-28-39(21-22-46(42)58-51-43(40)30-59-47(51)29-45-44(54(59)63)31-67-55(64)57(45,65)12-2)68-50(62)32-66-48(60)23-24-49(61)69-52-36(7)37(8)53-41(38(52)9)25-27-56(10,70-53)26-15-20-35(6)19-14-18-34(5)17-13-16-33(3)4/h21-22,28-29,33-35,65H,11-20,23-27,30-32H2,1-10H3/t34-,35-,56-,57+/m1/s1. The van der Waals surface area contributed by atoms with Gasteiger partial charge in [-0.3, -0.25) is 14.4 Å². The molecule has 0 bridgehead atoms. The number of fused-ring (bicyclic) bond motifs is 6. The summed E-state index contributed by atoms with van der Waals surface area (Å²) in [6, 6.07) is 6.64. The van der Waals surface area contributed by atoms with Crippen molar-refractivity contribution in [2.45, 2.75) is 190 Å². The van der Waals surface area contributed by atoms with Gasteiger partial charge in [0.15, 0.2) is 12.2 Å². The summed E-state index contributed by atoms with van der Waals surface area (Å²) < 4.78 is 30.3. The van der Waals surface area contributed by atoms with Crippen molar-refractivity contribution in [2.24, 2.45) is 17.8 Å². The van der Waals surface area contributed by atoms with E-state index in [0.717, 1.165) is 82.0 Å². The molecule has 2 aromatic carbocycles. The fourth-order valence-electron chi connectivity index (χ4n) is 10.8. The molecule has 3 aliphatic heterocycles. The van der Waals surface area contributed by atoms with Gasteiger partial charge in [-0.25, -0.2) is 14.6 Å². The van der Waals surface area contributed by atoms with Gasteiger partial charge >= 0.3 is 23.9 Å². The zero-order valence-corrected chi connectivity index (χ0v) is 43.2. The van der Waals surface area contributed by atoms with Crippen LogP contribution in [0.25, 0.3) is 22.3 Å². The fraction of sp³-hybridized carbons (Fsp3) is 0.579. The quantitative estimate of drug-likeness (QED) is 0.0546. The second kappa shape index (κ2) is 21.8. The molecule has 0 unspecified atom stereocenters. The van der Waals surface area contributed by atoms with Crippen molar-refractivity contribution in [1.29, 1.82) is 0 Å². The highest BCUT2D eigenvalue weighted by molar-refractivity contribution is 5.91. The monoisotopic (exact) mass is 963 g/mol. The van der Waals surface area contributed by atoms with Crippen molar-refractivity contribution in [2.75, 3.05) is 6.61 Å². The van der Waals surface area contributed by atoms with Crippen molar-refractivity contribution in [3.63, 3.8) is 0 Å². The Morgan fingerprint density at radius 1 is 0.829 bits per heavy atom. The molecule has 0 saturated heterocycles. The van der Waals surface area contributed by atoms with E-state index >= 15 is 0 Å². The molecular weight excluding hydrogens is 889 g/mol. The lowest BCUT2D eigenvalue weighted by molar-refractivity contribution is -0.172. The summed E-state index contributed by atoms with van der Waals surface area (Å²) in [5, 5.41) is 12.0. The predicted molar refractivity (Wildman–Crippen MR) is 268 cm³/mol. The molecule has 13 heteroatoms. The predicted octanol–water partition coefficient (Wildman–Crippen LogP) is 10.9. The van der Waals surface area contributed by atoms with Gasteiger partial charge in [0.25, 0.3) is 5.56 Å². The zero-order valence-electron chi connectivity index (χ0n) is 43.2. The van der Waals surface area contributed by atoms with Gasteiger partial charge in [0.1, 0.15) is 29.5 Å². The van der Waals surface area contributed by atoms with E-state index in [0.29, 0.717) is 35.0 Å². The number of nitrogens with zero attached hydrogens (tertiary/aromatic N) is 2. The molecule has 4 atom stereocenters. The minimum absolute atomic E-state index is 0.0415. The molecule has 0 fully saturated rings. The summed E-state index contributed by atoms with van der Waals surface area (Å²) >= 11 is 0. The lowest BCUT2D eigenvalue weighted by atomic mass is 9.83. The van der Waals surface area contributed by atoms with E-state index in [1.807, 2.05) is 27.7 Å². The zero-order chi connectivity index (χ0) is 50.7. The van der Waals surface area contributed by atoms with Crippen molar-refractivity contribution in [1.82, 2.24) is 9.55 Å². The Morgan fingerprint density at radius 2 is 1.51 bits per heavy atom. The number of hydrogen-bond acceptors (Lipinski definition) is 12. The van der Waals surface area contributed by atoms with Crippen molar-refractivity contribution in [3.05, 3.63) is 79.1 Å². The van der Waals surface area contributed by atoms with Crippen molar-refractivity contribution in [3.8, 4) is 28.6 Å². The molecule has 3 aliphatic rings. The normalized spacial score (nSPS) is 18.8. The van der Waals surface area contributed by atoms with Crippen LogP contribution in [-0.2, 0) is 60.2 Å². The maximum atomic E-state index is 13.7. The first kappa shape index (κ1) is 52.3. The molecule has 0 spiro atoms. The molecule has 0 amide bonds. The van der Waals surface area contributed by atoms with Crippen LogP contribution in [0.15, 0.2) is 29.1 Å². The Hall–Kier alpha value is -5.56. The number of pyridine rings is 2. The molecule has 378 valence electrons. The van der Waals surface area contributed by atoms with Crippen LogP contribution in [0.5, 0.6) is 17.2 Å². The van der Waals surface area contributed by atoms with Gasteiger partial charge in [-0.2, -0.15) is 0 Å². The van der Waals surface area contributed by atoms with E-state index in [4.69, 9.17) is 28.7 Å². The number of esters is 4. The van der Waals surface area contributed by atoms with E-state index in [2.05, 4.69) is 34.6 Å². The smallest absolute Gasteiger partial charge is 0.349 e. The summed E-state index contributed by atoms with van der Waals surface area (Å²) in [5.41, 5.74) is 5.01. The van der Waals surface area contributed by atoms with Crippen LogP contribution < -0.4 is 19.8 Å². The van der Waals surface area contributed by atoms with E-state index < -0.39 is 36.1 Å². The lowest BCUT2D eigenvalue weighted by Gasteiger charge is -2.38. The average molecular weight is 963 g/mol. The second-order valence-electron chi connectivity index (χ2n) is 21.1. The maximum absolute atomic E-state index is 13.7. The molecule has 2 aromatic heterocycles. The summed E-state index contributed by atoms with van der Waals surface area (Å²) in [5.74, 6) is 0.972. The third-order valence-electron chi connectivity index (χ3n) is 15.3. The number of aryl methyl sites for hydroxylation is 1. The molecule has 0 radical (unpaired) electrons. The molecule has 0 saturated carbocycles. The third-order valence-corrected chi connectivity index (χ3v) is 15.3. The van der Waals surface area contributed by atoms with E-state index in [-0.39, 0.29) is 60.5 Å². The van der Waals surface area contributed by atoms with E-state index in [1.54, 1.807) is 35.8 Å². The van der Waals surface area contributed by atoms with Crippen LogP contribution in [0, 0.1) is 38.5 Å². The Balaban J connectivity index is 0.885. The number of benzene rings is 2. The van der Waals surface area contributed by atoms with E-state index in [1.165, 1.54) is 44.9 Å². The molecule has 0 aliphatic carbocycles. The minimum Gasteiger partial charge on any atom is -0.487 e. The highest BCUT2D eigenvalue weighted by Crippen LogP contribution is 2.46. The minimum atomic E-state index is -1.93. The Morgan fingerprint density at radius 3 is 2.20 bits per heavy atom. The highest BCUT2D eigenvalue weighted by Gasteiger charge is 2.45. The largest absolute Gasteiger partial charge is 0.487 e. The van der Waals surface area contributed by atoms with Gasteiger partial charge in [-0.05, 0) is 130 Å². The van der Waals surface area contributed by atoms with Crippen LogP contribution in [-0.4, -0.2) is 50.7 Å². The first-order chi connectivity index (χ1) is 33.3. The number of ether oxygens (including phenoxy) is 5. The van der Waals surface area contributed by atoms with Gasteiger partial charge in [0, 0.05) is 22.1 Å². The number of aromatic nitrogens is 2. The third kappa shape index (κ3) is 11.1. The number of cyclic esters (lactones) is 1. The number of rotatable bonds is 21. The molecular formula is C57H74N2O11. The number of hydrogen-bond donors (Lipinski definition) is 1. The molecule has 70 heavy (non-hydrogen) atoms. The Labute approximate surface area is 413 Å². The number of carbonyl (C=O) groups excluding carboxylic acids is 4. The van der Waals surface area contributed by atoms with Crippen LogP contribution in [0.2, 0.25) is 0 Å². The summed E-state index contributed by atoms with van der Waals surface area (Å²) in [4.78, 5) is 70.0. The van der Waals surface area contributed by atoms with Crippen molar-refractivity contribution >= 4 is 34.8 Å². The van der Waals surface area contributed by atoms with Crippen LogP contribution >= 0.6 is 0 Å². The van der Waals surface area contributed by atoms with Crippen LogP contribution in [0.4, 0.5) is 0 Å². The van der Waals surface area contributed by atoms with Crippen LogP contribution in [0.1, 0.15) is 176 Å². The summed E-state index contributed by atoms with van der Waals surface area (Å²) in [6.45, 7) is 20.5. The number of aliphatic hydroxyl groups is 1. The van der Waals surface area contributed by atoms with Crippen LogP contribution in [0.3, 0.4) is 0 Å². The SMILES string of the molecule is CCc1c2c(nc3ccc(OC(=O)COC(=O)CCC(=O)Oc4c(C)c(C)c5c(c4C)CC[C@@](C)(CCC[C@H](C)CCC[C@H](C)CCCC(C)C)O5)cc13)-c1cc3c(c(=O)n1C2)COC(=O)[C@]3(O)CC. The summed E-state index contributed by atoms with van der Waals surface area (Å²) in [6.07, 6.45) is 13.0. The van der Waals surface area contributed by atoms with Gasteiger partial charge in [0.05, 0.1) is 41.9 Å². The number of carbonyl (C=O) groups is 4. The molecule has 1 N–H and O–H groups in total. The van der Waals surface area contributed by atoms with Gasteiger partial charge in [0.2, 0.25) is 0 Å². The van der Waals surface area contributed by atoms with E-state index in [9.17, 15) is 29.1 Å². The summed E-state index contributed by atoms with van der Waals surface area (Å²) in [7, 11) is 0. The first-order valence-corrected chi connectivity index (χ1v) is 25.8. The highest BCUT2D eigenvalue weighted by atomic mass is 16.6. The first-order valence-electron chi connectivity index (χ1n) is 25.8. The molecule has 13 nitrogen and oxygen atoms in total. The topological polar surface area (TPSA) is 170 Å². The van der Waals surface area contributed by atoms with Gasteiger partial charge in [-0.15, -0.1) is 0 Å².